The number of carboxylic acids is 1. The number of hydrogen-bond acceptors (Lipinski definition) is 3. The lowest BCUT2D eigenvalue weighted by Gasteiger charge is -2.24. The van der Waals surface area contributed by atoms with Crippen LogP contribution in [0.2, 0.25) is 0 Å². The number of nitrogens with zero attached hydrogens (tertiary/aromatic N) is 1. The molecule has 0 unspecified atom stereocenters. The van der Waals surface area contributed by atoms with Crippen molar-refractivity contribution in [1.29, 1.82) is 0 Å². The van der Waals surface area contributed by atoms with Crippen LogP contribution in [0.4, 0.5) is 4.39 Å². The van der Waals surface area contributed by atoms with E-state index in [9.17, 15) is 19.1 Å². The third-order valence-corrected chi connectivity index (χ3v) is 4.90. The topological polar surface area (TPSA) is 66.8 Å². The van der Waals surface area contributed by atoms with Crippen molar-refractivity contribution in [2.75, 3.05) is 13.2 Å². The number of benzene rings is 1. The van der Waals surface area contributed by atoms with Gasteiger partial charge in [0.1, 0.15) is 6.04 Å². The van der Waals surface area contributed by atoms with E-state index < -0.39 is 23.7 Å². The standard InChI is InChI=1S/C17H20FNO4/c1-10-5-6-13(18)14(7-10)23-9-15(20)19-8-11-3-2-4-12(11)16(19)17(21)22/h5-7,11-12,16H,2-4,8-9H2,1H3,(H,21,22)/t11-,12-,16-/m0/s1. The maximum Gasteiger partial charge on any atom is 0.326 e. The van der Waals surface area contributed by atoms with Crippen molar-refractivity contribution in [2.24, 2.45) is 11.8 Å². The van der Waals surface area contributed by atoms with Crippen molar-refractivity contribution in [3.05, 3.63) is 29.6 Å². The van der Waals surface area contributed by atoms with Crippen LogP contribution in [0.15, 0.2) is 18.2 Å². The number of fused-ring (bicyclic) bond motifs is 1. The number of amides is 1. The minimum absolute atomic E-state index is 0.0182. The molecule has 6 heteroatoms. The van der Waals surface area contributed by atoms with Gasteiger partial charge in [-0.05, 0) is 49.3 Å². The summed E-state index contributed by atoms with van der Waals surface area (Å²) >= 11 is 0. The Morgan fingerprint density at radius 3 is 2.91 bits per heavy atom. The zero-order valence-electron chi connectivity index (χ0n) is 13.0. The lowest BCUT2D eigenvalue weighted by Crippen LogP contribution is -2.45. The number of carboxylic acid groups (broad SMARTS) is 1. The summed E-state index contributed by atoms with van der Waals surface area (Å²) in [7, 11) is 0. The number of carbonyl (C=O) groups excluding carboxylic acids is 1. The molecular formula is C17H20FNO4. The Balaban J connectivity index is 1.68. The van der Waals surface area contributed by atoms with Gasteiger partial charge >= 0.3 is 5.97 Å². The second kappa shape index (κ2) is 6.18. The predicted molar refractivity (Wildman–Crippen MR) is 80.6 cm³/mol. The molecule has 0 radical (unpaired) electrons. The smallest absolute Gasteiger partial charge is 0.326 e. The first-order chi connectivity index (χ1) is 11.0. The number of ether oxygens (including phenoxy) is 1. The van der Waals surface area contributed by atoms with Gasteiger partial charge in [-0.3, -0.25) is 4.79 Å². The summed E-state index contributed by atoms with van der Waals surface area (Å²) in [5, 5.41) is 9.45. The fourth-order valence-corrected chi connectivity index (χ4v) is 3.82. The van der Waals surface area contributed by atoms with Crippen LogP contribution in [0.3, 0.4) is 0 Å². The molecule has 3 atom stereocenters. The van der Waals surface area contributed by atoms with E-state index in [2.05, 4.69) is 0 Å². The third kappa shape index (κ3) is 3.02. The van der Waals surface area contributed by atoms with Crippen LogP contribution in [0.25, 0.3) is 0 Å². The zero-order valence-corrected chi connectivity index (χ0v) is 13.0. The molecule has 1 N–H and O–H groups in total. The molecule has 1 aliphatic carbocycles. The monoisotopic (exact) mass is 321 g/mol. The highest BCUT2D eigenvalue weighted by Gasteiger charge is 2.49. The van der Waals surface area contributed by atoms with Crippen molar-refractivity contribution in [3.8, 4) is 5.75 Å². The fraction of sp³-hybridized carbons (Fsp3) is 0.529. The van der Waals surface area contributed by atoms with Gasteiger partial charge in [-0.15, -0.1) is 0 Å². The van der Waals surface area contributed by atoms with Crippen LogP contribution < -0.4 is 4.74 Å². The number of aryl methyl sites for hydroxylation is 1. The average molecular weight is 321 g/mol. The fourth-order valence-electron chi connectivity index (χ4n) is 3.82. The van der Waals surface area contributed by atoms with Gasteiger partial charge in [0.25, 0.3) is 5.91 Å². The number of halogens is 1. The third-order valence-electron chi connectivity index (χ3n) is 4.90. The van der Waals surface area contributed by atoms with E-state index in [-0.39, 0.29) is 24.2 Å². The predicted octanol–water partition coefficient (Wildman–Crippen LogP) is 2.22. The normalized spacial score (nSPS) is 26.2. The van der Waals surface area contributed by atoms with Crippen LogP contribution in [-0.2, 0) is 9.59 Å². The van der Waals surface area contributed by atoms with Crippen LogP contribution in [0.5, 0.6) is 5.75 Å². The van der Waals surface area contributed by atoms with Gasteiger partial charge in [0.15, 0.2) is 18.2 Å². The van der Waals surface area contributed by atoms with Crippen LogP contribution >= 0.6 is 0 Å². The van der Waals surface area contributed by atoms with Crippen molar-refractivity contribution in [3.63, 3.8) is 0 Å². The lowest BCUT2D eigenvalue weighted by atomic mass is 9.94. The largest absolute Gasteiger partial charge is 0.481 e. The quantitative estimate of drug-likeness (QED) is 0.923. The molecule has 1 saturated heterocycles. The molecule has 0 spiro atoms. The van der Waals surface area contributed by atoms with Crippen molar-refractivity contribution in [1.82, 2.24) is 4.90 Å². The molecule has 124 valence electrons. The summed E-state index contributed by atoms with van der Waals surface area (Å²) in [6.45, 7) is 1.92. The summed E-state index contributed by atoms with van der Waals surface area (Å²) < 4.78 is 18.9. The summed E-state index contributed by atoms with van der Waals surface area (Å²) in [6, 6.07) is 3.65. The van der Waals surface area contributed by atoms with Gasteiger partial charge in [0.2, 0.25) is 0 Å². The van der Waals surface area contributed by atoms with E-state index in [0.717, 1.165) is 24.8 Å². The Morgan fingerprint density at radius 1 is 1.39 bits per heavy atom. The summed E-state index contributed by atoms with van der Waals surface area (Å²) in [6.07, 6.45) is 2.83. The summed E-state index contributed by atoms with van der Waals surface area (Å²) in [4.78, 5) is 25.3. The minimum Gasteiger partial charge on any atom is -0.481 e. The first-order valence-electron chi connectivity index (χ1n) is 7.88. The van der Waals surface area contributed by atoms with Crippen molar-refractivity contribution < 1.29 is 23.8 Å². The molecule has 1 aromatic carbocycles. The number of hydrogen-bond donors (Lipinski definition) is 1. The molecule has 3 rings (SSSR count). The molecule has 1 aliphatic heterocycles. The van der Waals surface area contributed by atoms with Gasteiger partial charge in [0.05, 0.1) is 0 Å². The minimum atomic E-state index is -0.963. The molecule has 2 fully saturated rings. The van der Waals surface area contributed by atoms with Crippen LogP contribution in [0, 0.1) is 24.6 Å². The zero-order chi connectivity index (χ0) is 16.6. The molecule has 2 aliphatic rings. The Morgan fingerprint density at radius 2 is 2.17 bits per heavy atom. The van der Waals surface area contributed by atoms with E-state index in [0.29, 0.717) is 6.54 Å². The van der Waals surface area contributed by atoms with Crippen molar-refractivity contribution in [2.45, 2.75) is 32.2 Å². The molecule has 1 amide bonds. The van der Waals surface area contributed by atoms with E-state index in [1.165, 1.54) is 17.0 Å². The van der Waals surface area contributed by atoms with Gasteiger partial charge < -0.3 is 14.7 Å². The Hall–Kier alpha value is -2.11. The van der Waals surface area contributed by atoms with Crippen LogP contribution in [0.1, 0.15) is 24.8 Å². The Bertz CT molecular complexity index is 633. The Labute approximate surface area is 134 Å². The number of rotatable bonds is 4. The number of aliphatic carboxylic acids is 1. The van der Waals surface area contributed by atoms with Gasteiger partial charge in [-0.25, -0.2) is 9.18 Å². The number of carbonyl (C=O) groups is 2. The van der Waals surface area contributed by atoms with Gasteiger partial charge in [0, 0.05) is 6.54 Å². The van der Waals surface area contributed by atoms with E-state index in [1.54, 1.807) is 13.0 Å². The molecular weight excluding hydrogens is 301 g/mol. The molecule has 5 nitrogen and oxygen atoms in total. The maximum atomic E-state index is 13.6. The molecule has 1 saturated carbocycles. The molecule has 1 heterocycles. The molecule has 0 bridgehead atoms. The van der Waals surface area contributed by atoms with Crippen LogP contribution in [-0.4, -0.2) is 41.1 Å². The number of likely N-dealkylation sites (tertiary alicyclic amines) is 1. The lowest BCUT2D eigenvalue weighted by molar-refractivity contribution is -0.150. The molecule has 23 heavy (non-hydrogen) atoms. The van der Waals surface area contributed by atoms with Crippen molar-refractivity contribution >= 4 is 11.9 Å². The summed E-state index contributed by atoms with van der Waals surface area (Å²) in [5.41, 5.74) is 0.827. The second-order valence-electron chi connectivity index (χ2n) is 6.41. The Kier molecular flexibility index (Phi) is 4.24. The molecule has 1 aromatic rings. The summed E-state index contributed by atoms with van der Waals surface area (Å²) in [5.74, 6) is -1.58. The second-order valence-corrected chi connectivity index (χ2v) is 6.41. The van der Waals surface area contributed by atoms with Gasteiger partial charge in [-0.1, -0.05) is 12.5 Å². The average Bonchev–Trinajstić information content (AvgIpc) is 3.07. The first-order valence-corrected chi connectivity index (χ1v) is 7.88. The van der Waals surface area contributed by atoms with E-state index >= 15 is 0 Å². The van der Waals surface area contributed by atoms with E-state index in [4.69, 9.17) is 4.74 Å². The maximum absolute atomic E-state index is 13.6. The highest BCUT2D eigenvalue weighted by molar-refractivity contribution is 5.85. The highest BCUT2D eigenvalue weighted by Crippen LogP contribution is 2.42. The highest BCUT2D eigenvalue weighted by atomic mass is 19.1. The first kappa shape index (κ1) is 15.8. The van der Waals surface area contributed by atoms with Gasteiger partial charge in [-0.2, -0.15) is 0 Å². The SMILES string of the molecule is Cc1ccc(F)c(OCC(=O)N2C[C@@H]3CCC[C@@H]3[C@H]2C(=O)O)c1. The molecule has 0 aromatic heterocycles. The van der Waals surface area contributed by atoms with E-state index in [1.807, 2.05) is 0 Å².